The number of rotatable bonds is 6. The number of benzene rings is 2. The smallest absolute Gasteiger partial charge is 0.189 e. The Kier molecular flexibility index (Phi) is 6.85. The Bertz CT molecular complexity index is 1190. The van der Waals surface area contributed by atoms with E-state index in [1.165, 1.54) is 34.2 Å². The molecule has 4 aromatic rings. The molecule has 0 aliphatic rings. The monoisotopic (exact) mass is 510 g/mol. The van der Waals surface area contributed by atoms with E-state index in [9.17, 15) is 5.26 Å². The summed E-state index contributed by atoms with van der Waals surface area (Å²) >= 11 is 7.96. The number of hydrogen-bond acceptors (Lipinski definition) is 7. The van der Waals surface area contributed by atoms with Gasteiger partial charge in [-0.05, 0) is 36.4 Å². The second kappa shape index (κ2) is 9.75. The molecule has 0 atom stereocenters. The average Bonchev–Trinajstić information content (AvgIpc) is 3.27. The summed E-state index contributed by atoms with van der Waals surface area (Å²) in [6, 6.07) is 18.6. The first-order valence-corrected chi connectivity index (χ1v) is 12.4. The van der Waals surface area contributed by atoms with Crippen molar-refractivity contribution in [2.45, 2.75) is 27.2 Å². The SMILES string of the molecule is Cc1ccc(CSc2nc(Sc3nccs3)c(C#N)c(-c3ccc(Br)cc3)n2)cc1. The van der Waals surface area contributed by atoms with Gasteiger partial charge in [-0.25, -0.2) is 15.0 Å². The minimum absolute atomic E-state index is 0.470. The van der Waals surface area contributed by atoms with Crippen molar-refractivity contribution < 1.29 is 0 Å². The lowest BCUT2D eigenvalue weighted by Gasteiger charge is -2.10. The Balaban J connectivity index is 1.73. The van der Waals surface area contributed by atoms with Crippen LogP contribution in [0.25, 0.3) is 11.3 Å². The zero-order valence-corrected chi connectivity index (χ0v) is 19.9. The molecule has 0 radical (unpaired) electrons. The molecule has 0 bridgehead atoms. The summed E-state index contributed by atoms with van der Waals surface area (Å²) in [5.41, 5.74) is 4.44. The van der Waals surface area contributed by atoms with Crippen molar-refractivity contribution in [1.82, 2.24) is 15.0 Å². The standard InChI is InChI=1S/C22H15BrN4S3/c1-14-2-4-15(5-3-14)13-29-21-26-19(16-6-8-17(23)9-7-16)18(12-24)20(27-21)30-22-25-10-11-28-22/h2-11H,13H2,1H3. The zero-order chi connectivity index (χ0) is 20.9. The van der Waals surface area contributed by atoms with Gasteiger partial charge in [0.15, 0.2) is 9.50 Å². The molecule has 0 saturated heterocycles. The molecule has 148 valence electrons. The molecular formula is C22H15BrN4S3. The van der Waals surface area contributed by atoms with E-state index in [0.29, 0.717) is 21.4 Å². The van der Waals surface area contributed by atoms with Crippen LogP contribution in [0, 0.1) is 18.3 Å². The molecule has 30 heavy (non-hydrogen) atoms. The highest BCUT2D eigenvalue weighted by Gasteiger charge is 2.18. The van der Waals surface area contributed by atoms with Crippen molar-refractivity contribution in [3.8, 4) is 17.3 Å². The van der Waals surface area contributed by atoms with Gasteiger partial charge >= 0.3 is 0 Å². The Morgan fingerprint density at radius 2 is 1.83 bits per heavy atom. The molecule has 0 aliphatic heterocycles. The van der Waals surface area contributed by atoms with Gasteiger partial charge in [0.25, 0.3) is 0 Å². The maximum Gasteiger partial charge on any atom is 0.189 e. The number of nitriles is 1. The summed E-state index contributed by atoms with van der Waals surface area (Å²) in [5.74, 6) is 0.757. The maximum atomic E-state index is 9.89. The topological polar surface area (TPSA) is 62.5 Å². The van der Waals surface area contributed by atoms with Crippen LogP contribution in [0.3, 0.4) is 0 Å². The number of aromatic nitrogens is 3. The second-order valence-electron chi connectivity index (χ2n) is 6.33. The highest BCUT2D eigenvalue weighted by atomic mass is 79.9. The van der Waals surface area contributed by atoms with Crippen LogP contribution >= 0.6 is 50.8 Å². The van der Waals surface area contributed by atoms with Crippen LogP contribution in [0.1, 0.15) is 16.7 Å². The molecule has 2 aromatic carbocycles. The van der Waals surface area contributed by atoms with E-state index < -0.39 is 0 Å². The molecule has 4 rings (SSSR count). The third-order valence-electron chi connectivity index (χ3n) is 4.17. The molecule has 4 nitrogen and oxygen atoms in total. The number of nitrogens with zero attached hydrogens (tertiary/aromatic N) is 4. The summed E-state index contributed by atoms with van der Waals surface area (Å²) in [4.78, 5) is 13.8. The first kappa shape index (κ1) is 21.1. The minimum Gasteiger partial charge on any atom is -0.238 e. The predicted molar refractivity (Wildman–Crippen MR) is 127 cm³/mol. The lowest BCUT2D eigenvalue weighted by Crippen LogP contribution is -1.99. The number of hydrogen-bond donors (Lipinski definition) is 0. The van der Waals surface area contributed by atoms with Gasteiger partial charge in [0.05, 0.1) is 5.69 Å². The van der Waals surface area contributed by atoms with Crippen molar-refractivity contribution in [2.75, 3.05) is 0 Å². The number of thiazole rings is 1. The van der Waals surface area contributed by atoms with Gasteiger partial charge < -0.3 is 0 Å². The second-order valence-corrected chi connectivity index (χ2v) is 10.3. The van der Waals surface area contributed by atoms with Gasteiger partial charge in [-0.15, -0.1) is 11.3 Å². The van der Waals surface area contributed by atoms with E-state index >= 15 is 0 Å². The molecule has 8 heteroatoms. The highest BCUT2D eigenvalue weighted by Crippen LogP contribution is 2.36. The quantitative estimate of drug-likeness (QED) is 0.158. The van der Waals surface area contributed by atoms with Gasteiger partial charge in [-0.2, -0.15) is 5.26 Å². The van der Waals surface area contributed by atoms with Gasteiger partial charge in [0, 0.05) is 27.4 Å². The highest BCUT2D eigenvalue weighted by molar-refractivity contribution is 9.10. The fourth-order valence-corrected chi connectivity index (χ4v) is 5.39. The predicted octanol–water partition coefficient (Wildman–Crippen LogP) is 6.99. The average molecular weight is 511 g/mol. The van der Waals surface area contributed by atoms with Crippen LogP contribution in [-0.2, 0) is 5.75 Å². The summed E-state index contributed by atoms with van der Waals surface area (Å²) in [6.07, 6.45) is 1.75. The van der Waals surface area contributed by atoms with Crippen molar-refractivity contribution >= 4 is 50.8 Å². The molecule has 0 amide bonds. The Labute approximate surface area is 196 Å². The van der Waals surface area contributed by atoms with Crippen LogP contribution in [0.2, 0.25) is 0 Å². The Hall–Kier alpha value is -2.18. The van der Waals surface area contributed by atoms with Crippen LogP contribution in [-0.4, -0.2) is 15.0 Å². The molecule has 0 saturated carbocycles. The van der Waals surface area contributed by atoms with E-state index in [-0.39, 0.29) is 0 Å². The summed E-state index contributed by atoms with van der Waals surface area (Å²) in [6.45, 7) is 2.08. The van der Waals surface area contributed by atoms with Gasteiger partial charge in [0.1, 0.15) is 16.7 Å². The molecular weight excluding hydrogens is 496 g/mol. The molecule has 2 aromatic heterocycles. The Morgan fingerprint density at radius 3 is 2.50 bits per heavy atom. The van der Waals surface area contributed by atoms with Gasteiger partial charge in [-0.3, -0.25) is 0 Å². The number of halogens is 1. The zero-order valence-electron chi connectivity index (χ0n) is 15.9. The fraction of sp³-hybridized carbons (Fsp3) is 0.0909. The van der Waals surface area contributed by atoms with Crippen molar-refractivity contribution in [3.63, 3.8) is 0 Å². The van der Waals surface area contributed by atoms with Crippen LogP contribution in [0.15, 0.2) is 79.1 Å². The molecule has 0 spiro atoms. The number of aryl methyl sites for hydroxylation is 1. The molecule has 2 heterocycles. The lowest BCUT2D eigenvalue weighted by molar-refractivity contribution is 0.887. The first-order chi connectivity index (χ1) is 14.6. The fourth-order valence-electron chi connectivity index (χ4n) is 2.65. The van der Waals surface area contributed by atoms with E-state index in [2.05, 4.69) is 58.2 Å². The van der Waals surface area contributed by atoms with E-state index in [0.717, 1.165) is 20.1 Å². The molecule has 0 fully saturated rings. The molecule has 0 N–H and O–H groups in total. The third-order valence-corrected chi connectivity index (χ3v) is 7.49. The van der Waals surface area contributed by atoms with E-state index in [4.69, 9.17) is 9.97 Å². The minimum atomic E-state index is 0.470. The van der Waals surface area contributed by atoms with E-state index in [1.54, 1.807) is 18.0 Å². The van der Waals surface area contributed by atoms with Crippen molar-refractivity contribution in [2.24, 2.45) is 0 Å². The van der Waals surface area contributed by atoms with Crippen LogP contribution in [0.4, 0.5) is 0 Å². The van der Waals surface area contributed by atoms with Crippen LogP contribution < -0.4 is 0 Å². The summed E-state index contributed by atoms with van der Waals surface area (Å²) < 4.78 is 1.83. The number of thioether (sulfide) groups is 1. The van der Waals surface area contributed by atoms with Gasteiger partial charge in [0.2, 0.25) is 0 Å². The third kappa shape index (κ3) is 5.10. The van der Waals surface area contributed by atoms with Crippen LogP contribution in [0.5, 0.6) is 0 Å². The van der Waals surface area contributed by atoms with Gasteiger partial charge in [-0.1, -0.05) is 69.7 Å². The molecule has 0 aliphatic carbocycles. The van der Waals surface area contributed by atoms with E-state index in [1.807, 2.05) is 29.6 Å². The Morgan fingerprint density at radius 1 is 1.07 bits per heavy atom. The molecule has 0 unspecified atom stereocenters. The lowest BCUT2D eigenvalue weighted by atomic mass is 10.1. The largest absolute Gasteiger partial charge is 0.238 e. The van der Waals surface area contributed by atoms with Crippen molar-refractivity contribution in [3.05, 3.63) is 81.3 Å². The van der Waals surface area contributed by atoms with Crippen molar-refractivity contribution in [1.29, 1.82) is 5.26 Å². The summed E-state index contributed by atoms with van der Waals surface area (Å²) in [7, 11) is 0. The summed E-state index contributed by atoms with van der Waals surface area (Å²) in [5, 5.41) is 13.1. The normalized spacial score (nSPS) is 10.7. The maximum absolute atomic E-state index is 9.89. The first-order valence-electron chi connectivity index (χ1n) is 8.96.